The Morgan fingerprint density at radius 3 is 2.22 bits per heavy atom. The van der Waals surface area contributed by atoms with Gasteiger partial charge in [-0.1, -0.05) is 78.0 Å². The molecule has 0 aliphatic carbocycles. The second kappa shape index (κ2) is 21.6. The molecule has 10 atom stereocenters. The van der Waals surface area contributed by atoms with E-state index >= 15 is 0 Å². The van der Waals surface area contributed by atoms with Gasteiger partial charge in [-0.25, -0.2) is 9.59 Å². The minimum absolute atomic E-state index is 0.0291. The summed E-state index contributed by atoms with van der Waals surface area (Å²) in [6.45, 7) is 8.61. The third-order valence-electron chi connectivity index (χ3n) is 12.2. The Morgan fingerprint density at radius 2 is 1.54 bits per heavy atom. The molecule has 3 saturated heterocycles. The van der Waals surface area contributed by atoms with Crippen molar-refractivity contribution in [1.82, 2.24) is 0 Å². The van der Waals surface area contributed by atoms with Crippen LogP contribution in [0, 0.1) is 10.8 Å². The second-order valence-electron chi connectivity index (χ2n) is 17.7. The fraction of sp³-hybridized carbons (Fsp3) is 0.773. The molecular formula is C44H68O15. The smallest absolute Gasteiger partial charge is 0.330 e. The van der Waals surface area contributed by atoms with E-state index in [-0.39, 0.29) is 37.7 Å². The largest absolute Gasteiger partial charge is 0.466 e. The van der Waals surface area contributed by atoms with Crippen molar-refractivity contribution in [1.29, 1.82) is 0 Å². The monoisotopic (exact) mass is 836 g/mol. The van der Waals surface area contributed by atoms with E-state index in [1.165, 1.54) is 20.3 Å². The molecule has 3 fully saturated rings. The average Bonchev–Trinajstić information content (AvgIpc) is 3.16. The van der Waals surface area contributed by atoms with E-state index in [4.69, 9.17) is 33.2 Å². The van der Waals surface area contributed by atoms with Crippen molar-refractivity contribution >= 4 is 23.9 Å². The van der Waals surface area contributed by atoms with E-state index in [9.17, 15) is 39.6 Å². The lowest BCUT2D eigenvalue weighted by atomic mass is 9.73. The number of hydrogen-bond acceptors (Lipinski definition) is 15. The molecule has 334 valence electrons. The minimum Gasteiger partial charge on any atom is -0.466 e. The summed E-state index contributed by atoms with van der Waals surface area (Å²) in [5.41, 5.74) is -1.16. The molecule has 4 aliphatic rings. The predicted molar refractivity (Wildman–Crippen MR) is 213 cm³/mol. The first kappa shape index (κ1) is 48.5. The van der Waals surface area contributed by atoms with Gasteiger partial charge in [-0.15, -0.1) is 0 Å². The van der Waals surface area contributed by atoms with Crippen molar-refractivity contribution in [3.05, 3.63) is 35.5 Å². The Kier molecular flexibility index (Phi) is 17.7. The van der Waals surface area contributed by atoms with Gasteiger partial charge in [0.25, 0.3) is 0 Å². The molecule has 0 amide bonds. The highest BCUT2D eigenvalue weighted by Gasteiger charge is 2.58. The summed E-state index contributed by atoms with van der Waals surface area (Å²) in [6, 6.07) is 0. The van der Waals surface area contributed by atoms with Gasteiger partial charge in [0.15, 0.2) is 6.10 Å². The van der Waals surface area contributed by atoms with Gasteiger partial charge in [-0.05, 0) is 31.3 Å². The first-order valence-corrected chi connectivity index (χ1v) is 21.2. The number of aliphatic hydroxyl groups excluding tert-OH is 3. The lowest BCUT2D eigenvalue weighted by molar-refractivity contribution is -0.327. The van der Waals surface area contributed by atoms with Gasteiger partial charge in [0.1, 0.15) is 6.10 Å². The van der Waals surface area contributed by atoms with Crippen molar-refractivity contribution in [2.45, 2.75) is 185 Å². The summed E-state index contributed by atoms with van der Waals surface area (Å²) >= 11 is 0. The number of ether oxygens (including phenoxy) is 7. The normalized spacial score (nSPS) is 35.8. The van der Waals surface area contributed by atoms with E-state index in [0.717, 1.165) is 37.3 Å². The number of unbranched alkanes of at least 4 members (excludes halogenated alkanes) is 4. The van der Waals surface area contributed by atoms with Crippen molar-refractivity contribution in [2.24, 2.45) is 10.8 Å². The van der Waals surface area contributed by atoms with Crippen LogP contribution in [-0.4, -0.2) is 126 Å². The molecule has 0 aromatic carbocycles. The second-order valence-corrected chi connectivity index (χ2v) is 17.7. The highest BCUT2D eigenvalue weighted by atomic mass is 16.7. The summed E-state index contributed by atoms with van der Waals surface area (Å²) in [6.07, 6.45) is 3.27. The summed E-state index contributed by atoms with van der Waals surface area (Å²) in [4.78, 5) is 51.9. The number of fused-ring (bicyclic) bond motifs is 6. The number of carbonyl (C=O) groups is 4. The van der Waals surface area contributed by atoms with Gasteiger partial charge >= 0.3 is 23.9 Å². The van der Waals surface area contributed by atoms with Crippen LogP contribution in [0.25, 0.3) is 0 Å². The molecule has 4 aliphatic heterocycles. The van der Waals surface area contributed by atoms with Crippen LogP contribution < -0.4 is 0 Å². The molecule has 4 rings (SSSR count). The number of aliphatic hydroxyl groups is 4. The number of esters is 4. The quantitative estimate of drug-likeness (QED) is 0.0787. The molecule has 6 bridgehead atoms. The standard InChI is InChI=1S/C44H68O15/c1-8-9-10-11-12-13-37(48)58-41-28(20-39(50)54-7)19-33-23-34(26-45)57-40(51)22-29(46)21-32-24-35(47)43(4,5)36(56-32)25-31-17-27(18-38(49)53-6)16-30(55-31)14-15-42(2,3)44(41,52)59-33/h14-15,18,20,29-36,41,45-47,52H,8-13,16-17,19,21-26H2,1-7H3/b15-14+,27-18-,28-20+/t29-,30+,31+,32-,33+,34-,35+,36+,41+,44-/m1/s1. The number of hydrogen-bond donors (Lipinski definition) is 4. The molecule has 0 radical (unpaired) electrons. The Morgan fingerprint density at radius 1 is 0.847 bits per heavy atom. The lowest BCUT2D eigenvalue weighted by Crippen LogP contribution is -2.62. The summed E-state index contributed by atoms with van der Waals surface area (Å²) in [5, 5.41) is 45.5. The maximum absolute atomic E-state index is 13.4. The van der Waals surface area contributed by atoms with Crippen LogP contribution in [0.3, 0.4) is 0 Å². The van der Waals surface area contributed by atoms with Crippen LogP contribution in [0.4, 0.5) is 0 Å². The first-order chi connectivity index (χ1) is 27.8. The van der Waals surface area contributed by atoms with Crippen LogP contribution >= 0.6 is 0 Å². The Bertz CT molecular complexity index is 1530. The zero-order chi connectivity index (χ0) is 43.5. The fourth-order valence-electron chi connectivity index (χ4n) is 8.45. The van der Waals surface area contributed by atoms with Crippen molar-refractivity contribution < 1.29 is 72.8 Å². The highest BCUT2D eigenvalue weighted by molar-refractivity contribution is 5.83. The van der Waals surface area contributed by atoms with Gasteiger partial charge in [-0.3, -0.25) is 9.59 Å². The zero-order valence-corrected chi connectivity index (χ0v) is 35.9. The molecule has 4 N–H and O–H groups in total. The molecule has 59 heavy (non-hydrogen) atoms. The molecule has 0 aromatic rings. The molecule has 15 heteroatoms. The van der Waals surface area contributed by atoms with Crippen LogP contribution in [0.15, 0.2) is 35.5 Å². The van der Waals surface area contributed by atoms with E-state index in [2.05, 4.69) is 6.92 Å². The summed E-state index contributed by atoms with van der Waals surface area (Å²) < 4.78 is 41.2. The lowest BCUT2D eigenvalue weighted by Gasteiger charge is -2.51. The van der Waals surface area contributed by atoms with Crippen LogP contribution in [0.5, 0.6) is 0 Å². The molecule has 15 nitrogen and oxygen atoms in total. The van der Waals surface area contributed by atoms with Gasteiger partial charge in [0.2, 0.25) is 5.79 Å². The average molecular weight is 837 g/mol. The Balaban J connectivity index is 1.80. The van der Waals surface area contributed by atoms with Crippen molar-refractivity contribution in [3.63, 3.8) is 0 Å². The molecule has 0 spiro atoms. The molecular weight excluding hydrogens is 768 g/mol. The SMILES string of the molecule is CCCCCCCC(=O)O[C@H]1/C(=C/C(=O)OC)C[C@H]2C[C@H](CO)OC(=O)C[C@H](O)C[C@@H]3C[C@H](O)C(C)(C)[C@H](C[C@@H]4C/C(=C\C(=O)OC)C[C@H](/C=C/C(C)(C)[C@]1(O)O2)O4)O3. The van der Waals surface area contributed by atoms with Crippen molar-refractivity contribution in [3.8, 4) is 0 Å². The van der Waals surface area contributed by atoms with Gasteiger partial charge < -0.3 is 53.6 Å². The topological polar surface area (TPSA) is 214 Å². The molecule has 0 saturated carbocycles. The van der Waals surface area contributed by atoms with Gasteiger partial charge in [-0.2, -0.15) is 0 Å². The van der Waals surface area contributed by atoms with Gasteiger partial charge in [0, 0.05) is 55.1 Å². The highest BCUT2D eigenvalue weighted by Crippen LogP contribution is 2.47. The van der Waals surface area contributed by atoms with Crippen LogP contribution in [0.2, 0.25) is 0 Å². The third-order valence-corrected chi connectivity index (χ3v) is 12.2. The number of methoxy groups -OCH3 is 2. The third kappa shape index (κ3) is 13.2. The molecule has 0 aromatic heterocycles. The van der Waals surface area contributed by atoms with Crippen LogP contribution in [-0.2, 0) is 52.3 Å². The van der Waals surface area contributed by atoms with E-state index < -0.39 is 108 Å². The Labute approximate surface area is 348 Å². The number of carbonyl (C=O) groups excluding carboxylic acids is 4. The zero-order valence-electron chi connectivity index (χ0n) is 35.9. The van der Waals surface area contributed by atoms with Gasteiger partial charge in [0.05, 0.1) is 70.0 Å². The van der Waals surface area contributed by atoms with E-state index in [0.29, 0.717) is 25.7 Å². The minimum atomic E-state index is -2.34. The number of cyclic esters (lactones) is 1. The molecule has 0 unspecified atom stereocenters. The van der Waals surface area contributed by atoms with Crippen molar-refractivity contribution in [2.75, 3.05) is 20.8 Å². The Hall–Kier alpha value is -3.18. The molecule has 4 heterocycles. The maximum Gasteiger partial charge on any atom is 0.330 e. The first-order valence-electron chi connectivity index (χ1n) is 21.2. The van der Waals surface area contributed by atoms with Crippen LogP contribution in [0.1, 0.15) is 125 Å². The summed E-state index contributed by atoms with van der Waals surface area (Å²) in [5.74, 6) is -5.01. The summed E-state index contributed by atoms with van der Waals surface area (Å²) in [7, 11) is 2.49. The van der Waals surface area contributed by atoms with E-state index in [1.54, 1.807) is 26.0 Å². The maximum atomic E-state index is 13.4. The predicted octanol–water partition coefficient (Wildman–Crippen LogP) is 4.45. The van der Waals surface area contributed by atoms with E-state index in [1.807, 2.05) is 13.8 Å². The fourth-order valence-corrected chi connectivity index (χ4v) is 8.45. The number of rotatable bonds is 10.